The zero-order chi connectivity index (χ0) is 14.1. The topological polar surface area (TPSA) is 75.6 Å². The Morgan fingerprint density at radius 2 is 2.16 bits per heavy atom. The molecule has 0 aromatic carbocycles. The lowest BCUT2D eigenvalue weighted by atomic mass is 9.96. The van der Waals surface area contributed by atoms with Crippen molar-refractivity contribution in [3.8, 4) is 0 Å². The number of ether oxygens (including phenoxy) is 1. The second-order valence-corrected chi connectivity index (χ2v) is 5.14. The Kier molecular flexibility index (Phi) is 7.48. The fourth-order valence-corrected chi connectivity index (χ4v) is 2.34. The highest BCUT2D eigenvalue weighted by Gasteiger charge is 2.21. The van der Waals surface area contributed by atoms with Gasteiger partial charge in [0.25, 0.3) is 0 Å². The number of carbonyl (C=O) groups excluding carboxylic acids is 1. The Hall–Kier alpha value is -1.10. The van der Waals surface area contributed by atoms with E-state index in [0.29, 0.717) is 25.5 Å². The van der Waals surface area contributed by atoms with Crippen LogP contribution in [0.15, 0.2) is 0 Å². The van der Waals surface area contributed by atoms with Crippen LogP contribution in [0.3, 0.4) is 0 Å². The highest BCUT2D eigenvalue weighted by Crippen LogP contribution is 2.15. The lowest BCUT2D eigenvalue weighted by Crippen LogP contribution is -2.39. The molecule has 2 unspecified atom stereocenters. The number of hydrogen-bond donors (Lipinski definition) is 2. The van der Waals surface area contributed by atoms with Crippen LogP contribution in [0.25, 0.3) is 0 Å². The molecule has 110 valence electrons. The van der Waals surface area contributed by atoms with E-state index in [9.17, 15) is 9.59 Å². The number of carbonyl (C=O) groups is 2. The first-order valence-corrected chi connectivity index (χ1v) is 7.24. The molecule has 1 aliphatic rings. The van der Waals surface area contributed by atoms with E-state index < -0.39 is 5.97 Å². The van der Waals surface area contributed by atoms with Gasteiger partial charge in [-0.05, 0) is 38.0 Å². The quantitative estimate of drug-likeness (QED) is 0.707. The molecule has 0 aromatic rings. The smallest absolute Gasteiger partial charge is 0.303 e. The summed E-state index contributed by atoms with van der Waals surface area (Å²) in [5.41, 5.74) is 0. The fraction of sp³-hybridized carbons (Fsp3) is 0.857. The van der Waals surface area contributed by atoms with Gasteiger partial charge in [-0.15, -0.1) is 0 Å². The molecule has 2 N–H and O–H groups in total. The summed E-state index contributed by atoms with van der Waals surface area (Å²) in [6.45, 7) is 3.34. The second kappa shape index (κ2) is 8.91. The molecule has 0 aliphatic carbocycles. The molecule has 5 heteroatoms. The van der Waals surface area contributed by atoms with E-state index in [2.05, 4.69) is 12.2 Å². The highest BCUT2D eigenvalue weighted by atomic mass is 16.5. The van der Waals surface area contributed by atoms with E-state index >= 15 is 0 Å². The van der Waals surface area contributed by atoms with Crippen LogP contribution in [0, 0.1) is 5.92 Å². The Labute approximate surface area is 114 Å². The summed E-state index contributed by atoms with van der Waals surface area (Å²) in [6.07, 6.45) is 5.28. The number of carboxylic acid groups (broad SMARTS) is 1. The van der Waals surface area contributed by atoms with Gasteiger partial charge >= 0.3 is 5.97 Å². The molecule has 1 amide bonds. The van der Waals surface area contributed by atoms with Crippen LogP contribution in [0.2, 0.25) is 0 Å². The summed E-state index contributed by atoms with van der Waals surface area (Å²) in [4.78, 5) is 22.3. The number of rotatable bonds is 8. The number of nitrogens with one attached hydrogen (secondary N) is 1. The lowest BCUT2D eigenvalue weighted by Gasteiger charge is -2.22. The van der Waals surface area contributed by atoms with Crippen molar-refractivity contribution in [2.24, 2.45) is 5.92 Å². The highest BCUT2D eigenvalue weighted by molar-refractivity contribution is 5.80. The molecule has 1 heterocycles. The van der Waals surface area contributed by atoms with Gasteiger partial charge in [0.2, 0.25) is 5.91 Å². The van der Waals surface area contributed by atoms with E-state index in [1.54, 1.807) is 0 Å². The summed E-state index contributed by atoms with van der Waals surface area (Å²) in [7, 11) is 0. The molecule has 19 heavy (non-hydrogen) atoms. The van der Waals surface area contributed by atoms with Crippen molar-refractivity contribution in [1.29, 1.82) is 0 Å². The van der Waals surface area contributed by atoms with Crippen molar-refractivity contribution in [3.05, 3.63) is 0 Å². The van der Waals surface area contributed by atoms with Gasteiger partial charge in [-0.1, -0.05) is 13.3 Å². The third-order valence-corrected chi connectivity index (χ3v) is 3.67. The first-order valence-electron chi connectivity index (χ1n) is 7.24. The largest absolute Gasteiger partial charge is 0.481 e. The monoisotopic (exact) mass is 271 g/mol. The minimum atomic E-state index is -0.752. The molecule has 5 nitrogen and oxygen atoms in total. The third-order valence-electron chi connectivity index (χ3n) is 3.67. The number of aliphatic carboxylic acids is 1. The van der Waals surface area contributed by atoms with Crippen LogP contribution in [0.4, 0.5) is 0 Å². The maximum Gasteiger partial charge on any atom is 0.303 e. The molecule has 0 radical (unpaired) electrons. The van der Waals surface area contributed by atoms with Crippen LogP contribution in [0.1, 0.15) is 51.9 Å². The van der Waals surface area contributed by atoms with E-state index in [0.717, 1.165) is 32.1 Å². The fourth-order valence-electron chi connectivity index (χ4n) is 2.34. The van der Waals surface area contributed by atoms with Crippen LogP contribution in [0.5, 0.6) is 0 Å². The van der Waals surface area contributed by atoms with Gasteiger partial charge in [0.05, 0.1) is 0 Å². The maximum atomic E-state index is 11.8. The lowest BCUT2D eigenvalue weighted by molar-refractivity contribution is -0.137. The van der Waals surface area contributed by atoms with Crippen LogP contribution >= 0.6 is 0 Å². The average Bonchev–Trinajstić information content (AvgIpc) is 2.43. The van der Waals surface area contributed by atoms with Crippen molar-refractivity contribution in [2.75, 3.05) is 13.2 Å². The number of amides is 1. The standard InChI is InChI=1S/C14H25NO4/c1-2-11(6-7-13(16)17)8-9-15-14(18)12-5-3-4-10-19-12/h11-12H,2-10H2,1H3,(H,15,18)(H,16,17). The zero-order valence-electron chi connectivity index (χ0n) is 11.7. The van der Waals surface area contributed by atoms with Crippen molar-refractivity contribution >= 4 is 11.9 Å². The molecule has 2 atom stereocenters. The summed E-state index contributed by atoms with van der Waals surface area (Å²) >= 11 is 0. The molecule has 1 rings (SSSR count). The Bertz CT molecular complexity index is 287. The van der Waals surface area contributed by atoms with E-state index in [-0.39, 0.29) is 18.4 Å². The third kappa shape index (κ3) is 6.57. The van der Waals surface area contributed by atoms with Crippen LogP contribution in [-0.4, -0.2) is 36.2 Å². The average molecular weight is 271 g/mol. The molecule has 0 bridgehead atoms. The Morgan fingerprint density at radius 3 is 2.74 bits per heavy atom. The molecule has 0 saturated carbocycles. The first kappa shape index (κ1) is 16.0. The molecule has 0 aromatic heterocycles. The van der Waals surface area contributed by atoms with Crippen molar-refractivity contribution in [3.63, 3.8) is 0 Å². The Morgan fingerprint density at radius 1 is 1.37 bits per heavy atom. The van der Waals surface area contributed by atoms with Gasteiger partial charge in [0, 0.05) is 19.6 Å². The first-order chi connectivity index (χ1) is 9.13. The molecule has 1 saturated heterocycles. The zero-order valence-corrected chi connectivity index (χ0v) is 11.7. The van der Waals surface area contributed by atoms with Crippen molar-refractivity contribution < 1.29 is 19.4 Å². The second-order valence-electron chi connectivity index (χ2n) is 5.14. The minimum Gasteiger partial charge on any atom is -0.481 e. The maximum absolute atomic E-state index is 11.8. The van der Waals surface area contributed by atoms with E-state index in [4.69, 9.17) is 9.84 Å². The number of carboxylic acids is 1. The molecule has 0 spiro atoms. The minimum absolute atomic E-state index is 0.0206. The summed E-state index contributed by atoms with van der Waals surface area (Å²) in [5.74, 6) is -0.408. The van der Waals surface area contributed by atoms with Gasteiger partial charge in [-0.3, -0.25) is 9.59 Å². The molecular formula is C14H25NO4. The Balaban J connectivity index is 2.16. The van der Waals surface area contributed by atoms with E-state index in [1.807, 2.05) is 0 Å². The van der Waals surface area contributed by atoms with Crippen LogP contribution < -0.4 is 5.32 Å². The van der Waals surface area contributed by atoms with Gasteiger partial charge in [0.15, 0.2) is 0 Å². The summed E-state index contributed by atoms with van der Waals surface area (Å²) < 4.78 is 5.41. The normalized spacial score (nSPS) is 20.8. The molecule has 1 fully saturated rings. The number of hydrogen-bond acceptors (Lipinski definition) is 3. The van der Waals surface area contributed by atoms with Crippen LogP contribution in [-0.2, 0) is 14.3 Å². The van der Waals surface area contributed by atoms with Gasteiger partial charge < -0.3 is 15.2 Å². The SMILES string of the molecule is CCC(CCNC(=O)C1CCCCO1)CCC(=O)O. The van der Waals surface area contributed by atoms with E-state index in [1.165, 1.54) is 0 Å². The summed E-state index contributed by atoms with van der Waals surface area (Å²) in [6, 6.07) is 0. The predicted octanol–water partition coefficient (Wildman–Crippen LogP) is 1.95. The van der Waals surface area contributed by atoms with Gasteiger partial charge in [0.1, 0.15) is 6.10 Å². The van der Waals surface area contributed by atoms with Crippen molar-refractivity contribution in [1.82, 2.24) is 5.32 Å². The van der Waals surface area contributed by atoms with Gasteiger partial charge in [-0.25, -0.2) is 0 Å². The molecule has 1 aliphatic heterocycles. The molecular weight excluding hydrogens is 246 g/mol. The van der Waals surface area contributed by atoms with Crippen molar-refractivity contribution in [2.45, 2.75) is 58.0 Å². The summed E-state index contributed by atoms with van der Waals surface area (Å²) in [5, 5.41) is 11.5. The van der Waals surface area contributed by atoms with Gasteiger partial charge in [-0.2, -0.15) is 0 Å². The predicted molar refractivity (Wildman–Crippen MR) is 71.9 cm³/mol.